The minimum atomic E-state index is -4.72. The van der Waals surface area contributed by atoms with Crippen molar-refractivity contribution in [2.45, 2.75) is 367 Å². The Morgan fingerprint density at radius 1 is 0.387 bits per heavy atom. The summed E-state index contributed by atoms with van der Waals surface area (Å²) in [5.74, 6) is -0.542. The number of hydrogen-bond donors (Lipinski definition) is 1. The molecule has 3 unspecified atom stereocenters. The van der Waals surface area contributed by atoms with Gasteiger partial charge in [0.05, 0.1) is 33.8 Å². The summed E-state index contributed by atoms with van der Waals surface area (Å²) in [7, 11) is 1.18. The summed E-state index contributed by atoms with van der Waals surface area (Å²) in [5, 5.41) is 3.05. The number of ether oxygens (including phenoxy) is 1. The molecule has 0 radical (unpaired) electrons. The van der Waals surface area contributed by atoms with Crippen molar-refractivity contribution < 1.29 is 37.3 Å². The number of quaternary nitrogens is 1. The van der Waals surface area contributed by atoms with Crippen LogP contribution in [0.4, 0.5) is 0 Å². The molecule has 0 aliphatic heterocycles. The van der Waals surface area contributed by atoms with Crippen molar-refractivity contribution in [3.05, 3.63) is 109 Å². The first-order valence-electron chi connectivity index (χ1n) is 39.2. The predicted molar refractivity (Wildman–Crippen MR) is 404 cm³/mol. The molecule has 0 heterocycles. The van der Waals surface area contributed by atoms with E-state index >= 15 is 0 Å². The Bertz CT molecular complexity index is 1960. The zero-order valence-electron chi connectivity index (χ0n) is 61.7. The van der Waals surface area contributed by atoms with E-state index < -0.39 is 26.6 Å². The first kappa shape index (κ1) is 89.7. The second-order valence-electron chi connectivity index (χ2n) is 27.5. The largest absolute Gasteiger partial charge is 0.756 e. The third kappa shape index (κ3) is 72.8. The van der Waals surface area contributed by atoms with E-state index in [1.165, 1.54) is 205 Å². The van der Waals surface area contributed by atoms with Crippen LogP contribution in [0, 0.1) is 0 Å². The highest BCUT2D eigenvalue weighted by atomic mass is 31.2. The normalized spacial score (nSPS) is 14.0. The van der Waals surface area contributed by atoms with Crippen molar-refractivity contribution in [2.24, 2.45) is 0 Å². The molecule has 0 bridgehead atoms. The van der Waals surface area contributed by atoms with Crippen LogP contribution in [0.1, 0.15) is 355 Å². The second kappa shape index (κ2) is 71.4. The Kier molecular flexibility index (Phi) is 68.9. The number of carbonyl (C=O) groups is 2. The van der Waals surface area contributed by atoms with E-state index in [-0.39, 0.29) is 24.9 Å². The molecule has 0 saturated carbocycles. The average Bonchev–Trinajstić information content (AvgIpc) is 2.15. The number of phosphoric ester groups is 1. The number of carbonyl (C=O) groups excluding carboxylic acids is 2. The van der Waals surface area contributed by atoms with E-state index in [2.05, 4.69) is 123 Å². The van der Waals surface area contributed by atoms with Crippen LogP contribution in [0.2, 0.25) is 0 Å². The van der Waals surface area contributed by atoms with Gasteiger partial charge < -0.3 is 28.5 Å². The topological polar surface area (TPSA) is 114 Å². The van der Waals surface area contributed by atoms with E-state index in [1.54, 1.807) is 0 Å². The summed E-state index contributed by atoms with van der Waals surface area (Å²) in [6, 6.07) is -0.899. The highest BCUT2D eigenvalue weighted by Gasteiger charge is 2.27. The second-order valence-corrected chi connectivity index (χ2v) is 28.9. The predicted octanol–water partition coefficient (Wildman–Crippen LogP) is 24.9. The van der Waals surface area contributed by atoms with Crippen molar-refractivity contribution in [3.63, 3.8) is 0 Å². The van der Waals surface area contributed by atoms with Gasteiger partial charge in [0.1, 0.15) is 19.3 Å². The van der Waals surface area contributed by atoms with Gasteiger partial charge in [-0.05, 0) is 115 Å². The Balaban J connectivity index is 5.00. The lowest BCUT2D eigenvalue weighted by molar-refractivity contribution is -0.870. The van der Waals surface area contributed by atoms with E-state index in [9.17, 15) is 19.0 Å². The number of likely N-dealkylation sites (N-methyl/N-ethyl adjacent to an activating group) is 1. The fourth-order valence-electron chi connectivity index (χ4n) is 11.2. The number of rotatable bonds is 71. The molecule has 0 rings (SSSR count). The molecular formula is C83H149N2O7P. The van der Waals surface area contributed by atoms with Crippen LogP contribution >= 0.6 is 7.82 Å². The summed E-state index contributed by atoms with van der Waals surface area (Å²) in [5.41, 5.74) is 0. The summed E-state index contributed by atoms with van der Waals surface area (Å²) in [6.45, 7) is 6.74. The maximum Gasteiger partial charge on any atom is 0.306 e. The molecule has 0 aromatic carbocycles. The summed E-state index contributed by atoms with van der Waals surface area (Å²) in [4.78, 5) is 40.4. The summed E-state index contributed by atoms with van der Waals surface area (Å²) >= 11 is 0. The Morgan fingerprint density at radius 2 is 0.688 bits per heavy atom. The van der Waals surface area contributed by atoms with Gasteiger partial charge in [0.2, 0.25) is 5.91 Å². The van der Waals surface area contributed by atoms with Crippen LogP contribution < -0.4 is 10.2 Å². The molecular weight excluding hydrogens is 1170 g/mol. The van der Waals surface area contributed by atoms with Gasteiger partial charge in [-0.2, -0.15) is 0 Å². The minimum absolute atomic E-state index is 0.0268. The number of esters is 1. The van der Waals surface area contributed by atoms with Gasteiger partial charge in [-0.3, -0.25) is 14.2 Å². The van der Waals surface area contributed by atoms with Crippen molar-refractivity contribution >= 4 is 19.7 Å². The van der Waals surface area contributed by atoms with Gasteiger partial charge >= 0.3 is 5.97 Å². The van der Waals surface area contributed by atoms with Crippen LogP contribution in [0.3, 0.4) is 0 Å². The monoisotopic (exact) mass is 1320 g/mol. The molecule has 0 aliphatic carbocycles. The summed E-state index contributed by atoms with van der Waals surface area (Å²) in [6.07, 6.45) is 99.4. The first-order valence-corrected chi connectivity index (χ1v) is 40.7. The molecule has 0 aromatic heterocycles. The quantitative estimate of drug-likeness (QED) is 0.0212. The van der Waals surface area contributed by atoms with Gasteiger partial charge in [-0.15, -0.1) is 0 Å². The fraction of sp³-hybridized carbons (Fsp3) is 0.759. The lowest BCUT2D eigenvalue weighted by Gasteiger charge is -2.30. The van der Waals surface area contributed by atoms with Crippen molar-refractivity contribution in [1.29, 1.82) is 0 Å². The lowest BCUT2D eigenvalue weighted by Crippen LogP contribution is -2.47. The molecule has 0 aliphatic rings. The highest BCUT2D eigenvalue weighted by molar-refractivity contribution is 7.45. The van der Waals surface area contributed by atoms with Crippen molar-refractivity contribution in [1.82, 2.24) is 5.32 Å². The number of amides is 1. The molecule has 538 valence electrons. The minimum Gasteiger partial charge on any atom is -0.756 e. The average molecular weight is 1320 g/mol. The maximum atomic E-state index is 13.7. The Morgan fingerprint density at radius 3 is 1.05 bits per heavy atom. The molecule has 10 heteroatoms. The van der Waals surface area contributed by atoms with Gasteiger partial charge in [0, 0.05) is 12.8 Å². The van der Waals surface area contributed by atoms with Crippen LogP contribution in [0.15, 0.2) is 109 Å². The fourth-order valence-corrected chi connectivity index (χ4v) is 11.9. The van der Waals surface area contributed by atoms with Gasteiger partial charge in [-0.1, -0.05) is 336 Å². The summed E-state index contributed by atoms with van der Waals surface area (Å²) < 4.78 is 30.5. The van der Waals surface area contributed by atoms with E-state index in [0.29, 0.717) is 17.4 Å². The third-order valence-electron chi connectivity index (χ3n) is 17.2. The number of hydrogen-bond acceptors (Lipinski definition) is 7. The third-order valence-corrected chi connectivity index (χ3v) is 18.2. The van der Waals surface area contributed by atoms with Crippen LogP contribution in [-0.2, 0) is 27.9 Å². The van der Waals surface area contributed by atoms with Crippen molar-refractivity contribution in [3.8, 4) is 0 Å². The Labute approximate surface area is 576 Å². The zero-order valence-corrected chi connectivity index (χ0v) is 62.6. The lowest BCUT2D eigenvalue weighted by atomic mass is 10.0. The van der Waals surface area contributed by atoms with Crippen LogP contribution in [-0.4, -0.2) is 69.4 Å². The van der Waals surface area contributed by atoms with E-state index in [4.69, 9.17) is 13.8 Å². The van der Waals surface area contributed by atoms with Crippen LogP contribution in [0.5, 0.6) is 0 Å². The molecule has 93 heavy (non-hydrogen) atoms. The maximum absolute atomic E-state index is 13.7. The number of allylic oxidation sites excluding steroid dienone is 17. The number of phosphoric acid groups is 1. The molecule has 3 atom stereocenters. The van der Waals surface area contributed by atoms with Crippen molar-refractivity contribution in [2.75, 3.05) is 40.9 Å². The molecule has 0 aromatic rings. The number of unbranched alkanes of at least 4 members (excludes halogenated alkanes) is 39. The molecule has 0 saturated heterocycles. The van der Waals surface area contributed by atoms with Gasteiger partial charge in [-0.25, -0.2) is 0 Å². The smallest absolute Gasteiger partial charge is 0.306 e. The van der Waals surface area contributed by atoms with Gasteiger partial charge in [0.25, 0.3) is 7.82 Å². The van der Waals surface area contributed by atoms with Gasteiger partial charge in [0.15, 0.2) is 0 Å². The first-order chi connectivity index (χ1) is 45.4. The highest BCUT2D eigenvalue weighted by Crippen LogP contribution is 2.38. The molecule has 0 fully saturated rings. The molecule has 1 N–H and O–H groups in total. The molecule has 9 nitrogen and oxygen atoms in total. The van der Waals surface area contributed by atoms with E-state index in [0.717, 1.165) is 116 Å². The molecule has 1 amide bonds. The van der Waals surface area contributed by atoms with E-state index in [1.807, 2.05) is 33.3 Å². The number of nitrogens with zero attached hydrogens (tertiary/aromatic N) is 1. The number of nitrogens with one attached hydrogen (secondary N) is 1. The Hall–Kier alpha value is -3.33. The molecule has 0 spiro atoms. The SMILES string of the molecule is CC/C=C\C/C=C\C/C=C\C/C=C\C/C=C\C/C=C\CCCCCCCCCCC(=O)OC(/C=C/CCCCCCCCCCCCC)C(COP(=O)([O-])OCC[N+](C)(C)C)NC(=O)CCCCCCCCCCCCCCCCCCC/C=C\C/C=C\CCCCC. The van der Waals surface area contributed by atoms with Crippen LogP contribution in [0.25, 0.3) is 0 Å². The standard InChI is InChI=1S/C83H149N2O7P/c1-7-10-13-16-19-22-25-28-30-32-34-36-38-40-42-44-46-48-50-52-54-57-60-63-66-69-72-75-82(86)84-80(79-91-93(88,89)90-78-77-85(4,5)6)81(74-71-68-65-62-59-56-27-24-21-18-15-12-9-3)92-83(87)76-73-70-67-64-61-58-55-53-51-49-47-45-43-41-39-37-35-33-31-29-26-23-20-17-14-11-8-2/h11,14,19-20,22-23,28-31,35,37,41,43,47,49,71,74,80-81H,7-10,12-13,15-18,21,24-27,32-34,36,38-40,42,44-46,48,50-70,72-73,75-79H2,1-6H3,(H-,84,86,88,89)/b14-11-,22-19-,23-20-,30-28-,31-29-,37-35-,43-41-,49-47-,74-71+. The zero-order chi connectivity index (χ0) is 67.8.